The Bertz CT molecular complexity index is 989. The normalized spacial score (nSPS) is 12.6. The van der Waals surface area contributed by atoms with E-state index in [4.69, 9.17) is 0 Å². The first-order chi connectivity index (χ1) is 13.3. The third-order valence-corrected chi connectivity index (χ3v) is 4.96. The van der Waals surface area contributed by atoms with Crippen molar-refractivity contribution in [1.82, 2.24) is 20.2 Å². The minimum absolute atomic E-state index is 0.286. The number of hydrogen-bond acceptors (Lipinski definition) is 5. The van der Waals surface area contributed by atoms with Crippen LogP contribution in [0.1, 0.15) is 18.1 Å². The fraction of sp³-hybridized carbons (Fsp3) is 0.222. The van der Waals surface area contributed by atoms with Crippen LogP contribution in [0.15, 0.2) is 53.7 Å². The van der Waals surface area contributed by atoms with Gasteiger partial charge in [0.05, 0.1) is 22.2 Å². The number of hydrogen-bond donors (Lipinski definition) is 1. The molecular weight excluding hydrogens is 391 g/mol. The van der Waals surface area contributed by atoms with Gasteiger partial charge in [-0.15, -0.1) is 5.10 Å². The lowest BCUT2D eigenvalue weighted by atomic mass is 10.1. The zero-order valence-electron chi connectivity index (χ0n) is 14.9. The van der Waals surface area contributed by atoms with Gasteiger partial charge >= 0.3 is 6.18 Å². The van der Waals surface area contributed by atoms with Gasteiger partial charge in [0.15, 0.2) is 0 Å². The van der Waals surface area contributed by atoms with Gasteiger partial charge in [-0.05, 0) is 48.0 Å². The highest BCUT2D eigenvalue weighted by Gasteiger charge is 2.34. The maximum Gasteiger partial charge on any atom is 0.418 e. The minimum Gasteiger partial charge on any atom is -0.325 e. The molecule has 0 unspecified atom stereocenters. The summed E-state index contributed by atoms with van der Waals surface area (Å²) in [6.07, 6.45) is -4.56. The molecule has 0 aliphatic heterocycles. The van der Waals surface area contributed by atoms with Crippen LogP contribution in [0.25, 0.3) is 5.69 Å². The molecule has 0 aliphatic carbocycles. The van der Waals surface area contributed by atoms with Gasteiger partial charge < -0.3 is 5.32 Å². The molecule has 146 valence electrons. The molecule has 28 heavy (non-hydrogen) atoms. The van der Waals surface area contributed by atoms with Crippen molar-refractivity contribution >= 4 is 23.4 Å². The standard InChI is InChI=1S/C18H16F3N5OS/c1-11-7-3-6-10-15(11)26-17(23-24-25-26)28-12(2)16(27)22-14-9-5-4-8-13(14)18(19,20)21/h3-10,12H,1-2H3,(H,22,27)/t12-/m1/s1. The fourth-order valence-corrected chi connectivity index (χ4v) is 3.29. The molecule has 1 amide bonds. The Kier molecular flexibility index (Phi) is 5.68. The molecule has 1 heterocycles. The third kappa shape index (κ3) is 4.33. The van der Waals surface area contributed by atoms with E-state index < -0.39 is 22.9 Å². The largest absolute Gasteiger partial charge is 0.418 e. The number of rotatable bonds is 5. The van der Waals surface area contributed by atoms with E-state index >= 15 is 0 Å². The van der Waals surface area contributed by atoms with Gasteiger partial charge in [-0.3, -0.25) is 4.79 Å². The molecule has 6 nitrogen and oxygen atoms in total. The second kappa shape index (κ2) is 8.01. The fourth-order valence-electron chi connectivity index (χ4n) is 2.49. The van der Waals surface area contributed by atoms with Crippen molar-refractivity contribution in [2.45, 2.75) is 30.4 Å². The zero-order valence-corrected chi connectivity index (χ0v) is 15.8. The lowest BCUT2D eigenvalue weighted by Gasteiger charge is -2.16. The second-order valence-corrected chi connectivity index (χ2v) is 7.26. The van der Waals surface area contributed by atoms with Crippen molar-refractivity contribution in [3.8, 4) is 5.69 Å². The molecule has 0 fully saturated rings. The number of thioether (sulfide) groups is 1. The van der Waals surface area contributed by atoms with E-state index in [1.807, 2.05) is 31.2 Å². The number of tetrazole rings is 1. The van der Waals surface area contributed by atoms with Crippen molar-refractivity contribution < 1.29 is 18.0 Å². The highest BCUT2D eigenvalue weighted by atomic mass is 32.2. The number of aryl methyl sites for hydroxylation is 1. The van der Waals surface area contributed by atoms with Crippen LogP contribution < -0.4 is 5.32 Å². The first kappa shape index (κ1) is 19.9. The van der Waals surface area contributed by atoms with Gasteiger partial charge in [-0.1, -0.05) is 42.1 Å². The van der Waals surface area contributed by atoms with Crippen LogP contribution in [0.5, 0.6) is 0 Å². The molecule has 0 saturated carbocycles. The number of para-hydroxylation sites is 2. The highest BCUT2D eigenvalue weighted by molar-refractivity contribution is 8.00. The van der Waals surface area contributed by atoms with E-state index in [1.54, 1.807) is 6.92 Å². The summed E-state index contributed by atoms with van der Waals surface area (Å²) in [6.45, 7) is 3.47. The van der Waals surface area contributed by atoms with Crippen molar-refractivity contribution in [1.29, 1.82) is 0 Å². The Labute approximate surface area is 163 Å². The van der Waals surface area contributed by atoms with Crippen LogP contribution in [-0.4, -0.2) is 31.4 Å². The van der Waals surface area contributed by atoms with Gasteiger partial charge in [-0.25, -0.2) is 0 Å². The lowest BCUT2D eigenvalue weighted by Crippen LogP contribution is -2.24. The molecule has 0 saturated heterocycles. The topological polar surface area (TPSA) is 72.7 Å². The van der Waals surface area contributed by atoms with Gasteiger partial charge in [0.2, 0.25) is 11.1 Å². The summed E-state index contributed by atoms with van der Waals surface area (Å²) in [7, 11) is 0. The van der Waals surface area contributed by atoms with Gasteiger partial charge in [-0.2, -0.15) is 17.9 Å². The number of nitrogens with zero attached hydrogens (tertiary/aromatic N) is 4. The van der Waals surface area contributed by atoms with Crippen molar-refractivity contribution in [3.63, 3.8) is 0 Å². The van der Waals surface area contributed by atoms with E-state index in [2.05, 4.69) is 20.8 Å². The quantitative estimate of drug-likeness (QED) is 0.645. The molecule has 1 aromatic heterocycles. The number of halogens is 3. The van der Waals surface area contributed by atoms with Crippen LogP contribution in [0, 0.1) is 6.92 Å². The monoisotopic (exact) mass is 407 g/mol. The van der Waals surface area contributed by atoms with Crippen molar-refractivity contribution in [2.75, 3.05) is 5.32 Å². The average Bonchev–Trinajstić information content (AvgIpc) is 3.09. The molecule has 0 bridgehead atoms. The van der Waals surface area contributed by atoms with E-state index in [0.29, 0.717) is 5.16 Å². The van der Waals surface area contributed by atoms with Gasteiger partial charge in [0, 0.05) is 0 Å². The maximum atomic E-state index is 13.1. The average molecular weight is 407 g/mol. The number of amides is 1. The summed E-state index contributed by atoms with van der Waals surface area (Å²) in [6, 6.07) is 12.3. The van der Waals surface area contributed by atoms with E-state index in [0.717, 1.165) is 29.1 Å². The Balaban J connectivity index is 1.77. The molecule has 2 aromatic carbocycles. The predicted molar refractivity (Wildman–Crippen MR) is 99.3 cm³/mol. The lowest BCUT2D eigenvalue weighted by molar-refractivity contribution is -0.137. The number of benzene rings is 2. The minimum atomic E-state index is -4.56. The Hall–Kier alpha value is -2.88. The Morgan fingerprint density at radius 2 is 1.82 bits per heavy atom. The van der Waals surface area contributed by atoms with Crippen molar-refractivity contribution in [3.05, 3.63) is 59.7 Å². The molecule has 1 N–H and O–H groups in total. The summed E-state index contributed by atoms with van der Waals surface area (Å²) in [5, 5.41) is 13.5. The van der Waals surface area contributed by atoms with Gasteiger partial charge in [0.25, 0.3) is 0 Å². The summed E-state index contributed by atoms with van der Waals surface area (Å²) in [5.41, 5.74) is 0.508. The van der Waals surface area contributed by atoms with E-state index in [-0.39, 0.29) is 5.69 Å². The number of alkyl halides is 3. The molecule has 0 radical (unpaired) electrons. The summed E-state index contributed by atoms with van der Waals surface area (Å²) < 4.78 is 40.8. The molecule has 0 spiro atoms. The van der Waals surface area contributed by atoms with E-state index in [9.17, 15) is 18.0 Å². The van der Waals surface area contributed by atoms with Crippen LogP contribution in [0.4, 0.5) is 18.9 Å². The summed E-state index contributed by atoms with van der Waals surface area (Å²) in [5.74, 6) is -0.582. The van der Waals surface area contributed by atoms with Gasteiger partial charge in [0.1, 0.15) is 0 Å². The second-order valence-electron chi connectivity index (χ2n) is 5.95. The number of nitrogens with one attached hydrogen (secondary N) is 1. The van der Waals surface area contributed by atoms with E-state index in [1.165, 1.54) is 22.9 Å². The molecule has 0 aliphatic rings. The first-order valence-corrected chi connectivity index (χ1v) is 9.13. The molecule has 3 aromatic rings. The maximum absolute atomic E-state index is 13.1. The van der Waals surface area contributed by atoms with Crippen LogP contribution in [0.3, 0.4) is 0 Å². The van der Waals surface area contributed by atoms with Crippen LogP contribution in [-0.2, 0) is 11.0 Å². The number of carbonyl (C=O) groups is 1. The molecule has 1 atom stereocenters. The SMILES string of the molecule is Cc1ccccc1-n1nnnc1S[C@H](C)C(=O)Nc1ccccc1C(F)(F)F. The summed E-state index contributed by atoms with van der Waals surface area (Å²) >= 11 is 1.05. The first-order valence-electron chi connectivity index (χ1n) is 8.25. The third-order valence-electron chi connectivity index (χ3n) is 3.93. The molecule has 3 rings (SSSR count). The predicted octanol–water partition coefficient (Wildman–Crippen LogP) is 4.11. The summed E-state index contributed by atoms with van der Waals surface area (Å²) in [4.78, 5) is 12.5. The highest BCUT2D eigenvalue weighted by Crippen LogP contribution is 2.35. The zero-order chi connectivity index (χ0) is 20.3. The Morgan fingerprint density at radius 3 is 2.54 bits per heavy atom. The number of carbonyl (C=O) groups excluding carboxylic acids is 1. The molecule has 10 heteroatoms. The molecular formula is C18H16F3N5OS. The number of anilines is 1. The Morgan fingerprint density at radius 1 is 1.14 bits per heavy atom. The smallest absolute Gasteiger partial charge is 0.325 e. The van der Waals surface area contributed by atoms with Crippen molar-refractivity contribution in [2.24, 2.45) is 0 Å². The van der Waals surface area contributed by atoms with Crippen LogP contribution >= 0.6 is 11.8 Å². The number of aromatic nitrogens is 4. The van der Waals surface area contributed by atoms with Crippen LogP contribution in [0.2, 0.25) is 0 Å².